The highest BCUT2D eigenvalue weighted by Crippen LogP contribution is 2.51. The van der Waals surface area contributed by atoms with Crippen molar-refractivity contribution in [3.05, 3.63) is 81.9 Å². The van der Waals surface area contributed by atoms with Crippen molar-refractivity contribution in [1.29, 1.82) is 0 Å². The van der Waals surface area contributed by atoms with Gasteiger partial charge in [0.15, 0.2) is 0 Å². The van der Waals surface area contributed by atoms with E-state index in [0.29, 0.717) is 22.0 Å². The quantitative estimate of drug-likeness (QED) is 0.425. The van der Waals surface area contributed by atoms with E-state index < -0.39 is 23.3 Å². The number of carbonyl (C=O) groups excluding carboxylic acids is 2. The maximum atomic E-state index is 13.3. The van der Waals surface area contributed by atoms with Gasteiger partial charge in [-0.2, -0.15) is 0 Å². The molecule has 0 fully saturated rings. The molecule has 0 saturated heterocycles. The lowest BCUT2D eigenvalue weighted by molar-refractivity contribution is -0.150. The van der Waals surface area contributed by atoms with Crippen LogP contribution in [0, 0.1) is 0 Å². The molecule has 176 valence electrons. The number of benzene rings is 2. The predicted octanol–water partition coefficient (Wildman–Crippen LogP) is 4.15. The first-order chi connectivity index (χ1) is 16.4. The first-order valence-corrected chi connectivity index (χ1v) is 11.7. The predicted molar refractivity (Wildman–Crippen MR) is 129 cm³/mol. The summed E-state index contributed by atoms with van der Waals surface area (Å²) in [5, 5.41) is 14.6. The van der Waals surface area contributed by atoms with Crippen LogP contribution in [0.1, 0.15) is 30.3 Å². The second-order valence-electron chi connectivity index (χ2n) is 8.16. The number of nitrogens with one attached hydrogen (secondary N) is 1. The number of fused-ring (bicyclic) bond motifs is 1. The SMILES string of the molecule is COC(=O)C1=C(C)NC(C)C(C(=O)OC)(c2ccccc2)C1c1nccs1.Oc1ccc2cc1-2. The standard InChI is InChI=1S/C20H22N2O4S.C6H4O/c1-12-15(18(23)25-3)16(17-21-10-11-27-17)20(13(2)22-12,19(24)26-4)14-8-6-5-7-9-14;7-6-2-1-4-3-5(4)6/h5-11,13,16,22H,1-4H3;1-3,7H. The summed E-state index contributed by atoms with van der Waals surface area (Å²) in [7, 11) is 2.70. The summed E-state index contributed by atoms with van der Waals surface area (Å²) in [5.74, 6) is -1.12. The zero-order valence-corrected chi connectivity index (χ0v) is 20.2. The fourth-order valence-electron chi connectivity index (χ4n) is 4.74. The molecule has 3 aliphatic rings. The van der Waals surface area contributed by atoms with Crippen LogP contribution in [0.4, 0.5) is 0 Å². The van der Waals surface area contributed by atoms with Crippen molar-refractivity contribution in [2.24, 2.45) is 0 Å². The highest BCUT2D eigenvalue weighted by molar-refractivity contribution is 7.09. The Bertz CT molecular complexity index is 1240. The lowest BCUT2D eigenvalue weighted by Crippen LogP contribution is -2.60. The van der Waals surface area contributed by atoms with Gasteiger partial charge in [-0.25, -0.2) is 9.78 Å². The first kappa shape index (κ1) is 23.5. The number of aromatic nitrogens is 1. The van der Waals surface area contributed by atoms with Gasteiger partial charge in [-0.15, -0.1) is 11.3 Å². The Labute approximate surface area is 202 Å². The zero-order valence-electron chi connectivity index (χ0n) is 19.4. The molecule has 0 radical (unpaired) electrons. The second-order valence-corrected chi connectivity index (χ2v) is 9.08. The monoisotopic (exact) mass is 478 g/mol. The summed E-state index contributed by atoms with van der Waals surface area (Å²) < 4.78 is 10.3. The molecule has 5 rings (SSSR count). The summed E-state index contributed by atoms with van der Waals surface area (Å²) in [6, 6.07) is 14.6. The van der Waals surface area contributed by atoms with Crippen LogP contribution >= 0.6 is 11.3 Å². The molecule has 0 bridgehead atoms. The van der Waals surface area contributed by atoms with Gasteiger partial charge in [0, 0.05) is 28.9 Å². The van der Waals surface area contributed by atoms with Crippen LogP contribution in [-0.2, 0) is 24.5 Å². The summed E-state index contributed by atoms with van der Waals surface area (Å²) in [5.41, 5.74) is 2.87. The molecule has 2 aliphatic carbocycles. The van der Waals surface area contributed by atoms with Crippen LogP contribution < -0.4 is 5.32 Å². The van der Waals surface area contributed by atoms with E-state index in [4.69, 9.17) is 14.6 Å². The molecule has 8 heteroatoms. The van der Waals surface area contributed by atoms with Crippen LogP contribution in [0.3, 0.4) is 0 Å². The fourth-order valence-corrected chi connectivity index (χ4v) is 5.56. The van der Waals surface area contributed by atoms with Crippen LogP contribution in [0.5, 0.6) is 5.75 Å². The van der Waals surface area contributed by atoms with E-state index in [0.717, 1.165) is 11.1 Å². The first-order valence-electron chi connectivity index (χ1n) is 10.8. The topological polar surface area (TPSA) is 97.8 Å². The molecule has 7 nitrogen and oxygen atoms in total. The van der Waals surface area contributed by atoms with Crippen LogP contribution in [0.15, 0.2) is 71.4 Å². The van der Waals surface area contributed by atoms with Crippen molar-refractivity contribution in [2.45, 2.75) is 31.2 Å². The van der Waals surface area contributed by atoms with E-state index >= 15 is 0 Å². The number of phenolic OH excluding ortho intramolecular Hbond substituents is 1. The van der Waals surface area contributed by atoms with Crippen LogP contribution in [-0.4, -0.2) is 42.3 Å². The fraction of sp³-hybridized carbons (Fsp3) is 0.269. The van der Waals surface area contributed by atoms with Gasteiger partial charge in [0.25, 0.3) is 0 Å². The number of hydrogen-bond acceptors (Lipinski definition) is 8. The summed E-state index contributed by atoms with van der Waals surface area (Å²) >= 11 is 1.40. The van der Waals surface area contributed by atoms with Gasteiger partial charge in [-0.05, 0) is 37.1 Å². The Morgan fingerprint density at radius 2 is 1.85 bits per heavy atom. The maximum absolute atomic E-state index is 13.3. The third kappa shape index (κ3) is 3.84. The smallest absolute Gasteiger partial charge is 0.336 e. The molecule has 1 aromatic carbocycles. The van der Waals surface area contributed by atoms with E-state index in [-0.39, 0.29) is 6.04 Å². The number of thiazole rings is 1. The molecule has 3 unspecified atom stereocenters. The van der Waals surface area contributed by atoms with Gasteiger partial charge >= 0.3 is 11.9 Å². The number of phenols is 1. The van der Waals surface area contributed by atoms with Gasteiger partial charge in [0.2, 0.25) is 0 Å². The number of methoxy groups -OCH3 is 2. The minimum Gasteiger partial charge on any atom is -0.507 e. The summed E-state index contributed by atoms with van der Waals surface area (Å²) in [6.45, 7) is 3.73. The van der Waals surface area contributed by atoms with E-state index in [1.54, 1.807) is 12.3 Å². The number of aromatic hydroxyl groups is 1. The lowest BCUT2D eigenvalue weighted by atomic mass is 9.61. The Balaban J connectivity index is 0.000000328. The number of esters is 2. The number of ether oxygens (including phenoxy) is 2. The number of allylic oxidation sites excluding steroid dienone is 1. The lowest BCUT2D eigenvalue weighted by Gasteiger charge is -2.47. The summed E-state index contributed by atoms with van der Waals surface area (Å²) in [4.78, 5) is 30.5. The van der Waals surface area contributed by atoms with Gasteiger partial charge < -0.3 is 19.9 Å². The molecule has 0 spiro atoms. The Morgan fingerprint density at radius 1 is 1.12 bits per heavy atom. The molecule has 0 amide bonds. The third-order valence-corrected chi connectivity index (χ3v) is 7.21. The number of nitrogens with zero attached hydrogens (tertiary/aromatic N) is 1. The molecular formula is C26H26N2O5S. The highest BCUT2D eigenvalue weighted by Gasteiger charge is 2.59. The largest absolute Gasteiger partial charge is 0.507 e. The van der Waals surface area contributed by atoms with E-state index in [2.05, 4.69) is 10.3 Å². The van der Waals surface area contributed by atoms with Crippen molar-refractivity contribution in [1.82, 2.24) is 10.3 Å². The van der Waals surface area contributed by atoms with Crippen molar-refractivity contribution < 1.29 is 24.2 Å². The maximum Gasteiger partial charge on any atom is 0.336 e. The Morgan fingerprint density at radius 3 is 2.32 bits per heavy atom. The zero-order chi connectivity index (χ0) is 24.5. The van der Waals surface area contributed by atoms with Crippen molar-refractivity contribution in [3.63, 3.8) is 0 Å². The minimum atomic E-state index is -1.17. The molecule has 2 aromatic rings. The van der Waals surface area contributed by atoms with Crippen LogP contribution in [0.2, 0.25) is 0 Å². The van der Waals surface area contributed by atoms with E-state index in [9.17, 15) is 9.59 Å². The molecule has 34 heavy (non-hydrogen) atoms. The molecule has 2 N–H and O–H groups in total. The second kappa shape index (κ2) is 9.30. The Kier molecular flexibility index (Phi) is 6.43. The van der Waals surface area contributed by atoms with Crippen molar-refractivity contribution in [3.8, 4) is 16.9 Å². The number of carbonyl (C=O) groups is 2. The molecule has 2 heterocycles. The van der Waals surface area contributed by atoms with Gasteiger partial charge in [-0.3, -0.25) is 4.79 Å². The van der Waals surface area contributed by atoms with E-state index in [1.807, 2.05) is 61.7 Å². The molecule has 3 atom stereocenters. The van der Waals surface area contributed by atoms with Gasteiger partial charge in [-0.1, -0.05) is 36.4 Å². The third-order valence-electron chi connectivity index (χ3n) is 6.37. The molecule has 0 saturated carbocycles. The van der Waals surface area contributed by atoms with Crippen molar-refractivity contribution in [2.75, 3.05) is 14.2 Å². The van der Waals surface area contributed by atoms with Gasteiger partial charge in [0.05, 0.1) is 25.7 Å². The molecule has 1 aliphatic heterocycles. The Hall–Kier alpha value is -3.65. The van der Waals surface area contributed by atoms with Crippen LogP contribution in [0.25, 0.3) is 11.1 Å². The molecule has 1 aromatic heterocycles. The van der Waals surface area contributed by atoms with E-state index in [1.165, 1.54) is 31.1 Å². The number of rotatable bonds is 4. The normalized spacial score (nSPS) is 22.1. The van der Waals surface area contributed by atoms with Crippen molar-refractivity contribution >= 4 is 23.3 Å². The highest BCUT2D eigenvalue weighted by atomic mass is 32.1. The summed E-state index contributed by atoms with van der Waals surface area (Å²) in [6.07, 6.45) is 1.67. The minimum absolute atomic E-state index is 0.338. The van der Waals surface area contributed by atoms with Gasteiger partial charge in [0.1, 0.15) is 16.2 Å². The molecular weight excluding hydrogens is 452 g/mol. The average molecular weight is 479 g/mol. The average Bonchev–Trinajstić information content (AvgIpc) is 3.25. The number of hydrogen-bond donors (Lipinski definition) is 2.